The molecule has 0 bridgehead atoms. The molecule has 0 fully saturated rings. The van der Waals surface area contributed by atoms with Gasteiger partial charge in [-0.25, -0.2) is 4.39 Å². The summed E-state index contributed by atoms with van der Waals surface area (Å²) in [4.78, 5) is 0. The molecule has 0 heterocycles. The van der Waals surface area contributed by atoms with Gasteiger partial charge in [0.2, 0.25) is 0 Å². The van der Waals surface area contributed by atoms with E-state index in [0.29, 0.717) is 5.02 Å². The lowest BCUT2D eigenvalue weighted by Gasteiger charge is -2.12. The topological polar surface area (TPSA) is 26.0 Å². The summed E-state index contributed by atoms with van der Waals surface area (Å²) in [5, 5.41) is 0.418. The Bertz CT molecular complexity index is 288. The van der Waals surface area contributed by atoms with Crippen molar-refractivity contribution in [2.75, 3.05) is 0 Å². The first-order chi connectivity index (χ1) is 6.15. The standard InChI is InChI=1S/C10H13ClFN/c1-2-3-10(13)8-5-4-7(12)6-9(8)11/h4-6,10H,2-3,13H2,1H3/t10-/m1/s1. The minimum atomic E-state index is -0.322. The van der Waals surface area contributed by atoms with Crippen LogP contribution in [0.15, 0.2) is 18.2 Å². The zero-order chi connectivity index (χ0) is 9.84. The molecule has 3 heteroatoms. The molecule has 0 saturated heterocycles. The van der Waals surface area contributed by atoms with E-state index in [0.717, 1.165) is 18.4 Å². The van der Waals surface area contributed by atoms with E-state index >= 15 is 0 Å². The minimum Gasteiger partial charge on any atom is -0.324 e. The molecule has 1 aromatic rings. The van der Waals surface area contributed by atoms with E-state index in [1.165, 1.54) is 12.1 Å². The van der Waals surface area contributed by atoms with Crippen molar-refractivity contribution in [2.45, 2.75) is 25.8 Å². The van der Waals surface area contributed by atoms with E-state index in [-0.39, 0.29) is 11.9 Å². The molecule has 0 aliphatic rings. The molecule has 72 valence electrons. The van der Waals surface area contributed by atoms with Gasteiger partial charge in [-0.2, -0.15) is 0 Å². The zero-order valence-electron chi connectivity index (χ0n) is 7.56. The Morgan fingerprint density at radius 2 is 2.23 bits per heavy atom. The Hall–Kier alpha value is -0.600. The lowest BCUT2D eigenvalue weighted by molar-refractivity contribution is 0.616. The van der Waals surface area contributed by atoms with Crippen LogP contribution in [0, 0.1) is 5.82 Å². The minimum absolute atomic E-state index is 0.0851. The number of hydrogen-bond acceptors (Lipinski definition) is 1. The second kappa shape index (κ2) is 4.58. The first-order valence-corrected chi connectivity index (χ1v) is 4.73. The van der Waals surface area contributed by atoms with Crippen LogP contribution in [0.4, 0.5) is 4.39 Å². The fourth-order valence-corrected chi connectivity index (χ4v) is 1.58. The molecule has 0 aliphatic heterocycles. The third-order valence-electron chi connectivity index (χ3n) is 1.96. The summed E-state index contributed by atoms with van der Waals surface area (Å²) in [7, 11) is 0. The normalized spacial score (nSPS) is 12.9. The summed E-state index contributed by atoms with van der Waals surface area (Å²) in [6.45, 7) is 2.05. The highest BCUT2D eigenvalue weighted by molar-refractivity contribution is 6.31. The Kier molecular flexibility index (Phi) is 3.70. The highest BCUT2D eigenvalue weighted by atomic mass is 35.5. The molecular formula is C10H13ClFN. The van der Waals surface area contributed by atoms with Gasteiger partial charge in [0.1, 0.15) is 5.82 Å². The Labute approximate surface area is 82.7 Å². The summed E-state index contributed by atoms with van der Waals surface area (Å²) in [5.74, 6) is -0.322. The molecule has 2 N–H and O–H groups in total. The number of nitrogens with two attached hydrogens (primary N) is 1. The van der Waals surface area contributed by atoms with Crippen molar-refractivity contribution in [2.24, 2.45) is 5.73 Å². The zero-order valence-corrected chi connectivity index (χ0v) is 8.31. The summed E-state index contributed by atoms with van der Waals surface area (Å²) >= 11 is 5.84. The van der Waals surface area contributed by atoms with Crippen molar-refractivity contribution < 1.29 is 4.39 Å². The smallest absolute Gasteiger partial charge is 0.124 e. The Morgan fingerprint density at radius 1 is 1.54 bits per heavy atom. The molecule has 0 unspecified atom stereocenters. The molecule has 0 aromatic heterocycles. The van der Waals surface area contributed by atoms with Crippen LogP contribution in [-0.4, -0.2) is 0 Å². The SMILES string of the molecule is CCC[C@@H](N)c1ccc(F)cc1Cl. The van der Waals surface area contributed by atoms with Gasteiger partial charge in [-0.05, 0) is 24.1 Å². The first-order valence-electron chi connectivity index (χ1n) is 4.35. The van der Waals surface area contributed by atoms with E-state index in [4.69, 9.17) is 17.3 Å². The lowest BCUT2D eigenvalue weighted by atomic mass is 10.0. The van der Waals surface area contributed by atoms with Crippen molar-refractivity contribution in [1.82, 2.24) is 0 Å². The van der Waals surface area contributed by atoms with E-state index < -0.39 is 0 Å². The van der Waals surface area contributed by atoms with Gasteiger partial charge in [0.15, 0.2) is 0 Å². The summed E-state index contributed by atoms with van der Waals surface area (Å²) in [6, 6.07) is 4.25. The van der Waals surface area contributed by atoms with Gasteiger partial charge in [0, 0.05) is 11.1 Å². The second-order valence-corrected chi connectivity index (χ2v) is 3.47. The molecule has 0 spiro atoms. The summed E-state index contributed by atoms with van der Waals surface area (Å²) < 4.78 is 12.7. The van der Waals surface area contributed by atoms with Crippen LogP contribution < -0.4 is 5.73 Å². The van der Waals surface area contributed by atoms with Crippen molar-refractivity contribution in [3.05, 3.63) is 34.6 Å². The molecule has 0 amide bonds. The average Bonchev–Trinajstić information content (AvgIpc) is 2.04. The van der Waals surface area contributed by atoms with E-state index in [1.807, 2.05) is 0 Å². The van der Waals surface area contributed by atoms with Crippen LogP contribution in [0.2, 0.25) is 5.02 Å². The Balaban J connectivity index is 2.88. The average molecular weight is 202 g/mol. The van der Waals surface area contributed by atoms with E-state index in [2.05, 4.69) is 6.92 Å². The maximum absolute atomic E-state index is 12.7. The van der Waals surface area contributed by atoms with Crippen LogP contribution in [-0.2, 0) is 0 Å². The maximum atomic E-state index is 12.7. The number of hydrogen-bond donors (Lipinski definition) is 1. The quantitative estimate of drug-likeness (QED) is 0.798. The number of halogens is 2. The molecule has 13 heavy (non-hydrogen) atoms. The number of rotatable bonds is 3. The monoisotopic (exact) mass is 201 g/mol. The number of benzene rings is 1. The van der Waals surface area contributed by atoms with Gasteiger partial charge in [0.25, 0.3) is 0 Å². The fraction of sp³-hybridized carbons (Fsp3) is 0.400. The molecule has 0 radical (unpaired) electrons. The lowest BCUT2D eigenvalue weighted by Crippen LogP contribution is -2.10. The molecule has 1 rings (SSSR count). The highest BCUT2D eigenvalue weighted by Crippen LogP contribution is 2.24. The largest absolute Gasteiger partial charge is 0.324 e. The van der Waals surface area contributed by atoms with Gasteiger partial charge < -0.3 is 5.73 Å². The summed E-state index contributed by atoms with van der Waals surface area (Å²) in [5.41, 5.74) is 6.67. The van der Waals surface area contributed by atoms with Crippen molar-refractivity contribution in [3.63, 3.8) is 0 Å². The predicted octanol–water partition coefficient (Wildman–Crippen LogP) is 3.28. The van der Waals surface area contributed by atoms with Crippen LogP contribution >= 0.6 is 11.6 Å². The van der Waals surface area contributed by atoms with Crippen molar-refractivity contribution >= 4 is 11.6 Å². The van der Waals surface area contributed by atoms with Crippen LogP contribution in [0.5, 0.6) is 0 Å². The van der Waals surface area contributed by atoms with Gasteiger partial charge in [0.05, 0.1) is 0 Å². The Morgan fingerprint density at radius 3 is 2.77 bits per heavy atom. The van der Waals surface area contributed by atoms with Gasteiger partial charge in [-0.15, -0.1) is 0 Å². The third kappa shape index (κ3) is 2.68. The predicted molar refractivity (Wildman–Crippen MR) is 53.2 cm³/mol. The maximum Gasteiger partial charge on any atom is 0.124 e. The van der Waals surface area contributed by atoms with E-state index in [1.54, 1.807) is 6.07 Å². The van der Waals surface area contributed by atoms with Crippen molar-refractivity contribution in [1.29, 1.82) is 0 Å². The molecule has 1 atom stereocenters. The van der Waals surface area contributed by atoms with E-state index in [9.17, 15) is 4.39 Å². The van der Waals surface area contributed by atoms with Crippen molar-refractivity contribution in [3.8, 4) is 0 Å². The van der Waals surface area contributed by atoms with Crippen LogP contribution in [0.3, 0.4) is 0 Å². The van der Waals surface area contributed by atoms with Crippen LogP contribution in [0.1, 0.15) is 31.4 Å². The fourth-order valence-electron chi connectivity index (χ4n) is 1.27. The summed E-state index contributed by atoms with van der Waals surface area (Å²) in [6.07, 6.45) is 1.86. The molecular weight excluding hydrogens is 189 g/mol. The highest BCUT2D eigenvalue weighted by Gasteiger charge is 2.09. The first kappa shape index (κ1) is 10.5. The van der Waals surface area contributed by atoms with Gasteiger partial charge in [-0.3, -0.25) is 0 Å². The van der Waals surface area contributed by atoms with Crippen LogP contribution in [0.25, 0.3) is 0 Å². The second-order valence-electron chi connectivity index (χ2n) is 3.06. The molecule has 1 nitrogen and oxygen atoms in total. The van der Waals surface area contributed by atoms with Gasteiger partial charge in [-0.1, -0.05) is 31.0 Å². The molecule has 0 aliphatic carbocycles. The molecule has 0 saturated carbocycles. The third-order valence-corrected chi connectivity index (χ3v) is 2.29. The molecule has 1 aromatic carbocycles. The van der Waals surface area contributed by atoms with Gasteiger partial charge >= 0.3 is 0 Å².